The average Bonchev–Trinajstić information content (AvgIpc) is 2.41. The Balaban J connectivity index is 2.62. The molecule has 10 heteroatoms. The molecule has 0 fully saturated rings. The molecule has 1 rings (SSSR count). The molecule has 0 saturated heterocycles. The molecule has 1 aromatic rings. The Morgan fingerprint density at radius 2 is 1.68 bits per heavy atom. The first-order valence-corrected chi connectivity index (χ1v) is 11.6. The summed E-state index contributed by atoms with van der Waals surface area (Å²) < 4.78 is 22.3. The zero-order valence-electron chi connectivity index (χ0n) is 12.0. The van der Waals surface area contributed by atoms with Crippen LogP contribution in [0.25, 0.3) is 0 Å². The number of aryl methyl sites for hydroxylation is 1. The molecule has 0 spiro atoms. The summed E-state index contributed by atoms with van der Waals surface area (Å²) in [5, 5.41) is 6.33. The molecule has 0 bridgehead atoms. The normalized spacial score (nSPS) is 19.2. The van der Waals surface area contributed by atoms with Gasteiger partial charge < -0.3 is 29.2 Å². The van der Waals surface area contributed by atoms with E-state index in [1.54, 1.807) is 0 Å². The molecule has 0 aliphatic rings. The van der Waals surface area contributed by atoms with E-state index in [9.17, 15) is 19.1 Å². The van der Waals surface area contributed by atoms with Crippen molar-refractivity contribution in [2.45, 2.75) is 17.9 Å². The Bertz CT molecular complexity index is 546. The maximum Gasteiger partial charge on any atom is 0.365 e. The topological polar surface area (TPSA) is 138 Å². The van der Waals surface area contributed by atoms with Crippen LogP contribution in [-0.4, -0.2) is 42.6 Å². The number of hydrogen-bond acceptors (Lipinski definition) is 4. The molecule has 3 atom stereocenters. The van der Waals surface area contributed by atoms with E-state index < -0.39 is 26.7 Å². The van der Waals surface area contributed by atoms with Gasteiger partial charge in [0.05, 0.1) is 6.26 Å². The molecule has 126 valence electrons. The third-order valence-electron chi connectivity index (χ3n) is 3.29. The monoisotopic (exact) mass is 370 g/mol. The van der Waals surface area contributed by atoms with Crippen LogP contribution in [0.5, 0.6) is 0 Å². The van der Waals surface area contributed by atoms with Crippen LogP contribution < -0.4 is 4.89 Å². The molecular formula is C12H20O7P2S. The maximum absolute atomic E-state index is 11.2. The second-order valence-corrected chi connectivity index (χ2v) is 11.4. The lowest BCUT2D eigenvalue weighted by molar-refractivity contribution is -0.206. The van der Waals surface area contributed by atoms with Gasteiger partial charge in [-0.25, -0.2) is 0 Å². The van der Waals surface area contributed by atoms with Crippen LogP contribution >= 0.6 is 15.2 Å². The predicted octanol–water partition coefficient (Wildman–Crippen LogP) is 0.237. The van der Waals surface area contributed by atoms with Crippen molar-refractivity contribution < 1.29 is 33.8 Å². The Kier molecular flexibility index (Phi) is 6.87. The Morgan fingerprint density at radius 1 is 1.14 bits per heavy atom. The van der Waals surface area contributed by atoms with Gasteiger partial charge >= 0.3 is 7.60 Å². The molecular weight excluding hydrogens is 350 g/mol. The fraction of sp³-hybridized carbons (Fsp3) is 0.500. The molecule has 1 aromatic carbocycles. The molecule has 22 heavy (non-hydrogen) atoms. The maximum atomic E-state index is 11.2. The lowest BCUT2D eigenvalue weighted by Crippen LogP contribution is -2.35. The highest BCUT2D eigenvalue weighted by Gasteiger charge is 2.54. The zero-order chi connectivity index (χ0) is 17.0. The van der Waals surface area contributed by atoms with Crippen LogP contribution in [0.4, 0.5) is 0 Å². The van der Waals surface area contributed by atoms with E-state index >= 15 is 0 Å². The van der Waals surface area contributed by atoms with Crippen LogP contribution in [0.2, 0.25) is 0 Å². The largest absolute Gasteiger partial charge is 0.776 e. The van der Waals surface area contributed by atoms with Crippen molar-refractivity contribution in [3.05, 3.63) is 35.9 Å². The fourth-order valence-corrected chi connectivity index (χ4v) is 5.65. The molecule has 7 nitrogen and oxygen atoms in total. The number of aliphatic hydroxyl groups is 1. The molecule has 0 aliphatic carbocycles. The van der Waals surface area contributed by atoms with Crippen molar-refractivity contribution in [3.8, 4) is 0 Å². The Hall–Kier alpha value is -0.170. The van der Waals surface area contributed by atoms with Gasteiger partial charge in [0.1, 0.15) is 11.5 Å². The molecule has 0 saturated carbocycles. The first kappa shape index (κ1) is 19.9. The minimum absolute atomic E-state index is 0.0846. The van der Waals surface area contributed by atoms with Crippen LogP contribution in [0, 0.1) is 0 Å². The van der Waals surface area contributed by atoms with Crippen LogP contribution in [0.15, 0.2) is 30.3 Å². The standard InChI is InChI=1S/C12H20O7P2S/c1-22(9-7-11-5-3-2-4-6-11)10-8-12(13,20(14,15)16)21(17,18)19/h2-6,13H,7-10H2,1H3,(H3-,14,15,16,17,18,19). The summed E-state index contributed by atoms with van der Waals surface area (Å²) in [5.74, 6) is 0.775. The fourth-order valence-electron chi connectivity index (χ4n) is 1.80. The van der Waals surface area contributed by atoms with Gasteiger partial charge in [-0.15, -0.1) is 0 Å². The summed E-state index contributed by atoms with van der Waals surface area (Å²) >= 11 is 0. The van der Waals surface area contributed by atoms with Gasteiger partial charge in [0, 0.05) is 12.8 Å². The number of hydrogen-bond donors (Lipinski definition) is 4. The van der Waals surface area contributed by atoms with Gasteiger partial charge in [-0.2, -0.15) is 0 Å². The van der Waals surface area contributed by atoms with Crippen molar-refractivity contribution >= 4 is 26.1 Å². The van der Waals surface area contributed by atoms with Crippen molar-refractivity contribution in [1.29, 1.82) is 0 Å². The first-order valence-electron chi connectivity index (χ1n) is 6.42. The van der Waals surface area contributed by atoms with Crippen molar-refractivity contribution in [1.82, 2.24) is 0 Å². The van der Waals surface area contributed by atoms with Crippen LogP contribution in [-0.2, 0) is 26.4 Å². The van der Waals surface area contributed by atoms with Crippen LogP contribution in [0.1, 0.15) is 12.0 Å². The van der Waals surface area contributed by atoms with Crippen LogP contribution in [0.3, 0.4) is 0 Å². The highest BCUT2D eigenvalue weighted by atomic mass is 32.2. The van der Waals surface area contributed by atoms with Gasteiger partial charge in [-0.05, 0) is 16.5 Å². The Morgan fingerprint density at radius 3 is 2.14 bits per heavy atom. The minimum atomic E-state index is -5.60. The van der Waals surface area contributed by atoms with E-state index in [1.807, 2.05) is 36.6 Å². The molecule has 3 unspecified atom stereocenters. The van der Waals surface area contributed by atoms with E-state index in [2.05, 4.69) is 0 Å². The highest BCUT2D eigenvalue weighted by Crippen LogP contribution is 2.67. The van der Waals surface area contributed by atoms with E-state index in [0.717, 1.165) is 12.0 Å². The molecule has 0 radical (unpaired) electrons. The van der Waals surface area contributed by atoms with Crippen molar-refractivity contribution in [2.75, 3.05) is 17.8 Å². The quantitative estimate of drug-likeness (QED) is 0.380. The lowest BCUT2D eigenvalue weighted by atomic mass is 10.2. The summed E-state index contributed by atoms with van der Waals surface area (Å²) in [7, 11) is -11.4. The molecule has 4 N–H and O–H groups in total. The summed E-state index contributed by atoms with van der Waals surface area (Å²) in [4.78, 5) is 38.1. The lowest BCUT2D eigenvalue weighted by Gasteiger charge is -2.35. The van der Waals surface area contributed by atoms with Crippen molar-refractivity contribution in [2.24, 2.45) is 0 Å². The van der Waals surface area contributed by atoms with Gasteiger partial charge in [0.15, 0.2) is 7.60 Å². The van der Waals surface area contributed by atoms with Crippen molar-refractivity contribution in [3.63, 3.8) is 0 Å². The van der Waals surface area contributed by atoms with Gasteiger partial charge in [0.2, 0.25) is 5.08 Å². The predicted molar refractivity (Wildman–Crippen MR) is 84.6 cm³/mol. The van der Waals surface area contributed by atoms with Gasteiger partial charge in [-0.1, -0.05) is 30.3 Å². The highest BCUT2D eigenvalue weighted by molar-refractivity contribution is 7.96. The molecule has 0 heterocycles. The average molecular weight is 370 g/mol. The zero-order valence-corrected chi connectivity index (χ0v) is 14.6. The van der Waals surface area contributed by atoms with Gasteiger partial charge in [-0.3, -0.25) is 4.57 Å². The third-order valence-corrected chi connectivity index (χ3v) is 8.91. The summed E-state index contributed by atoms with van der Waals surface area (Å²) in [6.45, 7) is 0. The Labute approximate surface area is 132 Å². The van der Waals surface area contributed by atoms with E-state index in [0.29, 0.717) is 5.75 Å². The number of benzene rings is 1. The summed E-state index contributed by atoms with van der Waals surface area (Å²) in [6, 6.07) is 9.58. The number of rotatable bonds is 8. The minimum Gasteiger partial charge on any atom is -0.776 e. The van der Waals surface area contributed by atoms with E-state index in [1.165, 1.54) is 0 Å². The van der Waals surface area contributed by atoms with E-state index in [-0.39, 0.29) is 16.6 Å². The second-order valence-electron chi connectivity index (χ2n) is 5.01. The summed E-state index contributed by atoms with van der Waals surface area (Å²) in [6.07, 6.45) is 1.85. The molecule has 0 aromatic heterocycles. The molecule has 0 aliphatic heterocycles. The second kappa shape index (κ2) is 7.60. The first-order chi connectivity index (χ1) is 9.97. The SMILES string of the molecule is C[S+](CCc1ccccc1)CCC(O)(P(=O)([O-])O)P(=O)(O)O. The third kappa shape index (κ3) is 5.18. The van der Waals surface area contributed by atoms with Gasteiger partial charge in [0.25, 0.3) is 0 Å². The molecule has 0 amide bonds. The smallest absolute Gasteiger partial charge is 0.365 e. The van der Waals surface area contributed by atoms with E-state index in [4.69, 9.17) is 14.7 Å². The summed E-state index contributed by atoms with van der Waals surface area (Å²) in [5.41, 5.74) is 1.10.